The van der Waals surface area contributed by atoms with E-state index >= 15 is 0 Å². The van der Waals surface area contributed by atoms with Gasteiger partial charge < -0.3 is 4.74 Å². The van der Waals surface area contributed by atoms with Crippen LogP contribution < -0.4 is 15.0 Å². The predicted molar refractivity (Wildman–Crippen MR) is 123 cm³/mol. The zero-order valence-corrected chi connectivity index (χ0v) is 18.1. The molecule has 1 saturated heterocycles. The molecule has 1 fully saturated rings. The SMILES string of the molecule is O=C1NC(=O)N(c2ccccc2Cl)C(=O)/C1=C/c1ccc(OCc2cccc(Cl)c2)cc1. The lowest BCUT2D eigenvalue weighted by Gasteiger charge is -2.27. The van der Waals surface area contributed by atoms with Crippen LogP contribution in [0.4, 0.5) is 10.5 Å². The van der Waals surface area contributed by atoms with E-state index in [9.17, 15) is 14.4 Å². The van der Waals surface area contributed by atoms with Crippen molar-refractivity contribution in [3.8, 4) is 5.75 Å². The molecule has 0 radical (unpaired) electrons. The Morgan fingerprint density at radius 1 is 0.906 bits per heavy atom. The van der Waals surface area contributed by atoms with Gasteiger partial charge in [0.1, 0.15) is 17.9 Å². The van der Waals surface area contributed by atoms with E-state index in [-0.39, 0.29) is 16.3 Å². The Kier molecular flexibility index (Phi) is 6.25. The van der Waals surface area contributed by atoms with E-state index in [0.29, 0.717) is 22.9 Å². The molecule has 0 atom stereocenters. The maximum atomic E-state index is 12.9. The fraction of sp³-hybridized carbons (Fsp3) is 0.0417. The second kappa shape index (κ2) is 9.26. The molecule has 6 nitrogen and oxygen atoms in total. The van der Waals surface area contributed by atoms with Crippen molar-refractivity contribution in [1.29, 1.82) is 0 Å². The quantitative estimate of drug-likeness (QED) is 0.412. The van der Waals surface area contributed by atoms with Gasteiger partial charge in [-0.05, 0) is 53.6 Å². The third-order valence-electron chi connectivity index (χ3n) is 4.68. The molecule has 4 rings (SSSR count). The number of anilines is 1. The summed E-state index contributed by atoms with van der Waals surface area (Å²) in [6.45, 7) is 0.344. The summed E-state index contributed by atoms with van der Waals surface area (Å²) >= 11 is 12.1. The monoisotopic (exact) mass is 466 g/mol. The van der Waals surface area contributed by atoms with Gasteiger partial charge in [0, 0.05) is 5.02 Å². The van der Waals surface area contributed by atoms with E-state index in [1.807, 2.05) is 18.2 Å². The molecule has 8 heteroatoms. The van der Waals surface area contributed by atoms with Gasteiger partial charge in [-0.3, -0.25) is 14.9 Å². The summed E-state index contributed by atoms with van der Waals surface area (Å²) in [5, 5.41) is 3.02. The first-order valence-corrected chi connectivity index (χ1v) is 10.3. The van der Waals surface area contributed by atoms with Crippen LogP contribution in [0.2, 0.25) is 10.0 Å². The first-order chi connectivity index (χ1) is 15.4. The van der Waals surface area contributed by atoms with Crippen molar-refractivity contribution in [2.75, 3.05) is 4.90 Å². The van der Waals surface area contributed by atoms with E-state index in [2.05, 4.69) is 5.32 Å². The number of nitrogens with zero attached hydrogens (tertiary/aromatic N) is 1. The van der Waals surface area contributed by atoms with Gasteiger partial charge in [-0.2, -0.15) is 0 Å². The van der Waals surface area contributed by atoms with E-state index < -0.39 is 17.8 Å². The minimum atomic E-state index is -0.852. The zero-order chi connectivity index (χ0) is 22.7. The van der Waals surface area contributed by atoms with Gasteiger partial charge in [0.05, 0.1) is 10.7 Å². The van der Waals surface area contributed by atoms with Gasteiger partial charge in [0.15, 0.2) is 0 Å². The van der Waals surface area contributed by atoms with Gasteiger partial charge in [0.25, 0.3) is 11.8 Å². The summed E-state index contributed by atoms with van der Waals surface area (Å²) in [4.78, 5) is 38.4. The highest BCUT2D eigenvalue weighted by atomic mass is 35.5. The Morgan fingerprint density at radius 2 is 1.66 bits per heavy atom. The van der Waals surface area contributed by atoms with E-state index in [1.165, 1.54) is 12.1 Å². The number of para-hydroxylation sites is 1. The van der Waals surface area contributed by atoms with Gasteiger partial charge >= 0.3 is 6.03 Å². The van der Waals surface area contributed by atoms with Gasteiger partial charge in [-0.15, -0.1) is 0 Å². The van der Waals surface area contributed by atoms with Crippen molar-refractivity contribution in [2.45, 2.75) is 6.61 Å². The van der Waals surface area contributed by atoms with Crippen molar-refractivity contribution in [2.24, 2.45) is 0 Å². The Hall–Kier alpha value is -3.61. The first kappa shape index (κ1) is 21.6. The third kappa shape index (κ3) is 4.66. The van der Waals surface area contributed by atoms with Crippen LogP contribution in [0, 0.1) is 0 Å². The standard InChI is InChI=1S/C24H16Cl2N2O4/c25-17-5-3-4-16(12-17)14-32-18-10-8-15(9-11-18)13-19-22(29)27-24(31)28(23(19)30)21-7-2-1-6-20(21)26/h1-13H,14H2,(H,27,29,31)/b19-13+. The van der Waals surface area contributed by atoms with E-state index in [0.717, 1.165) is 10.5 Å². The Morgan fingerprint density at radius 3 is 2.38 bits per heavy atom. The molecule has 0 bridgehead atoms. The number of hydrogen-bond acceptors (Lipinski definition) is 4. The minimum Gasteiger partial charge on any atom is -0.489 e. The van der Waals surface area contributed by atoms with Gasteiger partial charge in [-0.25, -0.2) is 9.69 Å². The smallest absolute Gasteiger partial charge is 0.335 e. The molecular formula is C24H16Cl2N2O4. The zero-order valence-electron chi connectivity index (χ0n) is 16.5. The van der Waals surface area contributed by atoms with Crippen molar-refractivity contribution in [3.63, 3.8) is 0 Å². The molecule has 4 amide bonds. The second-order valence-corrected chi connectivity index (χ2v) is 7.74. The van der Waals surface area contributed by atoms with Crippen molar-refractivity contribution in [1.82, 2.24) is 5.32 Å². The highest BCUT2D eigenvalue weighted by Gasteiger charge is 2.37. The lowest BCUT2D eigenvalue weighted by atomic mass is 10.1. The van der Waals surface area contributed by atoms with Crippen LogP contribution in [0.3, 0.4) is 0 Å². The van der Waals surface area contributed by atoms with E-state index in [4.69, 9.17) is 27.9 Å². The van der Waals surface area contributed by atoms with Crippen LogP contribution in [0.1, 0.15) is 11.1 Å². The molecule has 0 unspecified atom stereocenters. The fourth-order valence-electron chi connectivity index (χ4n) is 3.13. The van der Waals surface area contributed by atoms with Crippen LogP contribution in [0.15, 0.2) is 78.4 Å². The maximum Gasteiger partial charge on any atom is 0.335 e. The minimum absolute atomic E-state index is 0.183. The predicted octanol–water partition coefficient (Wildman–Crippen LogP) is 5.24. The lowest BCUT2D eigenvalue weighted by molar-refractivity contribution is -0.122. The third-order valence-corrected chi connectivity index (χ3v) is 5.24. The van der Waals surface area contributed by atoms with E-state index in [1.54, 1.807) is 48.5 Å². The lowest BCUT2D eigenvalue weighted by Crippen LogP contribution is -2.54. The normalized spacial score (nSPS) is 15.1. The topological polar surface area (TPSA) is 75.7 Å². The molecule has 0 aliphatic carbocycles. The number of rotatable bonds is 5. The molecule has 32 heavy (non-hydrogen) atoms. The van der Waals surface area contributed by atoms with Crippen molar-refractivity contribution >= 4 is 52.8 Å². The number of carbonyl (C=O) groups excluding carboxylic acids is 3. The average Bonchev–Trinajstić information content (AvgIpc) is 2.77. The second-order valence-electron chi connectivity index (χ2n) is 6.90. The highest BCUT2D eigenvalue weighted by Crippen LogP contribution is 2.29. The summed E-state index contributed by atoms with van der Waals surface area (Å²) in [6.07, 6.45) is 1.41. The molecular weight excluding hydrogens is 451 g/mol. The number of amides is 4. The number of hydrogen-bond donors (Lipinski definition) is 1. The number of urea groups is 1. The maximum absolute atomic E-state index is 12.9. The molecule has 1 aliphatic heterocycles. The van der Waals surface area contributed by atoms with Gasteiger partial charge in [-0.1, -0.05) is 59.6 Å². The number of ether oxygens (including phenoxy) is 1. The van der Waals surface area contributed by atoms with Crippen molar-refractivity contribution in [3.05, 3.63) is 99.5 Å². The number of benzene rings is 3. The summed E-state index contributed by atoms with van der Waals surface area (Å²) in [5.74, 6) is -0.919. The van der Waals surface area contributed by atoms with Crippen molar-refractivity contribution < 1.29 is 19.1 Å². The van der Waals surface area contributed by atoms with Crippen LogP contribution >= 0.6 is 23.2 Å². The molecule has 0 aromatic heterocycles. The summed E-state index contributed by atoms with van der Waals surface area (Å²) in [5.41, 5.74) is 1.53. The largest absolute Gasteiger partial charge is 0.489 e. The fourth-order valence-corrected chi connectivity index (χ4v) is 3.56. The molecule has 1 N–H and O–H groups in total. The van der Waals surface area contributed by atoms with Crippen LogP contribution in [0.5, 0.6) is 5.75 Å². The summed E-state index contributed by atoms with van der Waals surface area (Å²) in [6, 6.07) is 19.8. The molecule has 0 saturated carbocycles. The molecule has 1 heterocycles. The number of carbonyl (C=O) groups is 3. The number of nitrogens with one attached hydrogen (secondary N) is 1. The number of barbiturate groups is 1. The molecule has 3 aromatic rings. The van der Waals surface area contributed by atoms with Crippen LogP contribution in [0.25, 0.3) is 6.08 Å². The Labute approximate surface area is 194 Å². The van der Waals surface area contributed by atoms with Gasteiger partial charge in [0.2, 0.25) is 0 Å². The Balaban J connectivity index is 1.53. The first-order valence-electron chi connectivity index (χ1n) is 9.55. The summed E-state index contributed by atoms with van der Waals surface area (Å²) in [7, 11) is 0. The average molecular weight is 467 g/mol. The Bertz CT molecular complexity index is 1240. The molecule has 3 aromatic carbocycles. The van der Waals surface area contributed by atoms with Crippen LogP contribution in [-0.2, 0) is 16.2 Å². The molecule has 1 aliphatic rings. The highest BCUT2D eigenvalue weighted by molar-refractivity contribution is 6.42. The number of imide groups is 2. The summed E-state index contributed by atoms with van der Waals surface area (Å²) < 4.78 is 5.74. The van der Waals surface area contributed by atoms with Crippen LogP contribution in [-0.4, -0.2) is 17.8 Å². The number of halogens is 2. The molecule has 0 spiro atoms. The molecule has 160 valence electrons.